The van der Waals surface area contributed by atoms with Crippen molar-refractivity contribution in [2.75, 3.05) is 27.6 Å². The summed E-state index contributed by atoms with van der Waals surface area (Å²) >= 11 is 0. The first-order chi connectivity index (χ1) is 8.33. The predicted molar refractivity (Wildman–Crippen MR) is 62.1 cm³/mol. The fourth-order valence-corrected chi connectivity index (χ4v) is 1.65. The highest BCUT2D eigenvalue weighted by molar-refractivity contribution is 5.44. The van der Waals surface area contributed by atoms with E-state index in [2.05, 4.69) is 5.32 Å². The highest BCUT2D eigenvalue weighted by Gasteiger charge is 2.13. The van der Waals surface area contributed by atoms with Crippen molar-refractivity contribution in [3.63, 3.8) is 0 Å². The Hall–Kier alpha value is -1.30. The molecule has 0 fully saturated rings. The molecule has 0 aromatic heterocycles. The summed E-state index contributed by atoms with van der Waals surface area (Å²) in [4.78, 5) is 0. The van der Waals surface area contributed by atoms with Crippen LogP contribution in [0.4, 0.5) is 0 Å². The van der Waals surface area contributed by atoms with Crippen LogP contribution in [-0.2, 0) is 16.0 Å². The molecule has 0 radical (unpaired) electrons. The minimum atomic E-state index is -0.219. The number of hydrogen-bond donors (Lipinski definition) is 1. The lowest BCUT2D eigenvalue weighted by Gasteiger charge is -2.14. The molecule has 2 rings (SSSR count). The van der Waals surface area contributed by atoms with Crippen LogP contribution in [0.2, 0.25) is 0 Å². The summed E-state index contributed by atoms with van der Waals surface area (Å²) in [6.07, 6.45) is -0.219. The second-order valence-corrected chi connectivity index (χ2v) is 3.72. The van der Waals surface area contributed by atoms with Gasteiger partial charge in [0.05, 0.1) is 0 Å². The van der Waals surface area contributed by atoms with Gasteiger partial charge in [-0.15, -0.1) is 0 Å². The molecule has 0 spiro atoms. The SMILES string of the molecule is COC(CNCc1ccc2c(c1)OCO2)OC. The largest absolute Gasteiger partial charge is 0.454 e. The number of nitrogens with one attached hydrogen (secondary N) is 1. The Morgan fingerprint density at radius 2 is 2.00 bits per heavy atom. The average molecular weight is 239 g/mol. The molecule has 0 unspecified atom stereocenters. The molecule has 1 aliphatic heterocycles. The number of rotatable bonds is 6. The second kappa shape index (κ2) is 5.86. The maximum atomic E-state index is 5.31. The van der Waals surface area contributed by atoms with Crippen LogP contribution in [0.5, 0.6) is 11.5 Å². The molecule has 5 nitrogen and oxygen atoms in total. The number of hydrogen-bond acceptors (Lipinski definition) is 5. The molecule has 17 heavy (non-hydrogen) atoms. The average Bonchev–Trinajstić information content (AvgIpc) is 2.82. The zero-order chi connectivity index (χ0) is 12.1. The molecule has 1 aromatic carbocycles. The van der Waals surface area contributed by atoms with Crippen molar-refractivity contribution >= 4 is 0 Å². The molecular weight excluding hydrogens is 222 g/mol. The predicted octanol–water partition coefficient (Wildman–Crippen LogP) is 1.12. The highest BCUT2D eigenvalue weighted by Crippen LogP contribution is 2.32. The van der Waals surface area contributed by atoms with Gasteiger partial charge in [0.2, 0.25) is 6.79 Å². The first kappa shape index (κ1) is 12.2. The lowest BCUT2D eigenvalue weighted by Crippen LogP contribution is -2.29. The molecule has 0 amide bonds. The summed E-state index contributed by atoms with van der Waals surface area (Å²) in [5, 5.41) is 3.25. The second-order valence-electron chi connectivity index (χ2n) is 3.72. The standard InChI is InChI=1S/C12H17NO4/c1-14-12(15-2)7-13-6-9-3-4-10-11(5-9)17-8-16-10/h3-5,12-13H,6-8H2,1-2H3. The van der Waals surface area contributed by atoms with E-state index in [4.69, 9.17) is 18.9 Å². The number of benzene rings is 1. The quantitative estimate of drug-likeness (QED) is 0.754. The third-order valence-electron chi connectivity index (χ3n) is 2.60. The summed E-state index contributed by atoms with van der Waals surface area (Å²) in [5.41, 5.74) is 1.14. The molecule has 0 atom stereocenters. The van der Waals surface area contributed by atoms with Crippen molar-refractivity contribution in [3.05, 3.63) is 23.8 Å². The maximum Gasteiger partial charge on any atom is 0.231 e. The lowest BCUT2D eigenvalue weighted by atomic mass is 10.2. The summed E-state index contributed by atoms with van der Waals surface area (Å²) in [6, 6.07) is 5.91. The van der Waals surface area contributed by atoms with E-state index in [1.807, 2.05) is 18.2 Å². The molecule has 1 heterocycles. The van der Waals surface area contributed by atoms with E-state index in [1.54, 1.807) is 14.2 Å². The molecule has 0 saturated carbocycles. The molecule has 1 aromatic rings. The van der Waals surface area contributed by atoms with Crippen LogP contribution in [-0.4, -0.2) is 33.8 Å². The smallest absolute Gasteiger partial charge is 0.231 e. The minimum absolute atomic E-state index is 0.219. The van der Waals surface area contributed by atoms with E-state index < -0.39 is 0 Å². The van der Waals surface area contributed by atoms with Gasteiger partial charge >= 0.3 is 0 Å². The molecule has 0 saturated heterocycles. The van der Waals surface area contributed by atoms with Crippen LogP contribution in [0, 0.1) is 0 Å². The van der Waals surface area contributed by atoms with E-state index in [0.29, 0.717) is 13.3 Å². The van der Waals surface area contributed by atoms with E-state index in [1.165, 1.54) is 0 Å². The third-order valence-corrected chi connectivity index (χ3v) is 2.60. The highest BCUT2D eigenvalue weighted by atomic mass is 16.7. The third kappa shape index (κ3) is 3.09. The van der Waals surface area contributed by atoms with Gasteiger partial charge in [0, 0.05) is 27.3 Å². The number of fused-ring (bicyclic) bond motifs is 1. The van der Waals surface area contributed by atoms with Gasteiger partial charge in [-0.1, -0.05) is 6.07 Å². The Morgan fingerprint density at radius 1 is 1.24 bits per heavy atom. The topological polar surface area (TPSA) is 49.0 Å². The van der Waals surface area contributed by atoms with Gasteiger partial charge in [0.25, 0.3) is 0 Å². The lowest BCUT2D eigenvalue weighted by molar-refractivity contribution is -0.0989. The van der Waals surface area contributed by atoms with Gasteiger partial charge in [-0.3, -0.25) is 0 Å². The fourth-order valence-electron chi connectivity index (χ4n) is 1.65. The van der Waals surface area contributed by atoms with Crippen molar-refractivity contribution < 1.29 is 18.9 Å². The summed E-state index contributed by atoms with van der Waals surface area (Å²) in [7, 11) is 3.24. The van der Waals surface area contributed by atoms with Crippen LogP contribution < -0.4 is 14.8 Å². The van der Waals surface area contributed by atoms with Gasteiger partial charge in [-0.05, 0) is 17.7 Å². The van der Waals surface area contributed by atoms with Crippen molar-refractivity contribution in [3.8, 4) is 11.5 Å². The molecule has 1 aliphatic rings. The molecule has 5 heteroatoms. The van der Waals surface area contributed by atoms with E-state index in [-0.39, 0.29) is 6.29 Å². The van der Waals surface area contributed by atoms with Gasteiger partial charge in [0.15, 0.2) is 17.8 Å². The monoisotopic (exact) mass is 239 g/mol. The molecule has 0 aliphatic carbocycles. The summed E-state index contributed by atoms with van der Waals surface area (Å²) < 4.78 is 20.7. The van der Waals surface area contributed by atoms with Crippen LogP contribution in [0.15, 0.2) is 18.2 Å². The van der Waals surface area contributed by atoms with Crippen molar-refractivity contribution in [2.24, 2.45) is 0 Å². The zero-order valence-corrected chi connectivity index (χ0v) is 10.1. The first-order valence-electron chi connectivity index (χ1n) is 5.48. The van der Waals surface area contributed by atoms with Gasteiger partial charge < -0.3 is 24.3 Å². The Kier molecular flexibility index (Phi) is 4.19. The Bertz CT molecular complexity index is 366. The van der Waals surface area contributed by atoms with Gasteiger partial charge in [-0.25, -0.2) is 0 Å². The maximum absolute atomic E-state index is 5.31. The molecule has 94 valence electrons. The van der Waals surface area contributed by atoms with Crippen LogP contribution in [0.3, 0.4) is 0 Å². The Labute approximate surface area is 101 Å². The fraction of sp³-hybridized carbons (Fsp3) is 0.500. The molecule has 0 bridgehead atoms. The minimum Gasteiger partial charge on any atom is -0.454 e. The van der Waals surface area contributed by atoms with Crippen LogP contribution in [0.25, 0.3) is 0 Å². The van der Waals surface area contributed by atoms with Crippen molar-refractivity contribution in [2.45, 2.75) is 12.8 Å². The van der Waals surface area contributed by atoms with E-state index in [9.17, 15) is 0 Å². The van der Waals surface area contributed by atoms with Gasteiger partial charge in [0.1, 0.15) is 0 Å². The summed E-state index contributed by atoms with van der Waals surface area (Å²) in [5.74, 6) is 1.61. The van der Waals surface area contributed by atoms with E-state index in [0.717, 1.165) is 23.6 Å². The Morgan fingerprint density at radius 3 is 2.76 bits per heavy atom. The number of ether oxygens (including phenoxy) is 4. The van der Waals surface area contributed by atoms with Crippen LogP contribution in [0.1, 0.15) is 5.56 Å². The Balaban J connectivity index is 1.83. The van der Waals surface area contributed by atoms with Crippen LogP contribution >= 0.6 is 0 Å². The number of methoxy groups -OCH3 is 2. The zero-order valence-electron chi connectivity index (χ0n) is 10.1. The first-order valence-corrected chi connectivity index (χ1v) is 5.48. The molecule has 1 N–H and O–H groups in total. The van der Waals surface area contributed by atoms with Gasteiger partial charge in [-0.2, -0.15) is 0 Å². The normalized spacial score (nSPS) is 13.4. The van der Waals surface area contributed by atoms with Crippen molar-refractivity contribution in [1.82, 2.24) is 5.32 Å². The van der Waals surface area contributed by atoms with Crippen molar-refractivity contribution in [1.29, 1.82) is 0 Å². The molecular formula is C12H17NO4. The van der Waals surface area contributed by atoms with E-state index >= 15 is 0 Å². The summed E-state index contributed by atoms with van der Waals surface area (Å²) in [6.45, 7) is 1.68.